The van der Waals surface area contributed by atoms with Crippen LogP contribution in [0.4, 0.5) is 45.5 Å². The highest BCUT2D eigenvalue weighted by atomic mass is 14.7. The lowest BCUT2D eigenvalue weighted by Crippen LogP contribution is -2.40. The van der Waals surface area contributed by atoms with Gasteiger partial charge in [-0.05, 0) is 191 Å². The number of benzene rings is 10. The molecule has 4 aliphatic heterocycles. The van der Waals surface area contributed by atoms with Gasteiger partial charge in [-0.1, -0.05) is 23.8 Å². The van der Waals surface area contributed by atoms with Gasteiger partial charge in [-0.3, -0.25) is 13.1 Å². The lowest BCUT2D eigenvalue weighted by Gasteiger charge is -2.23. The molecule has 0 fully saturated rings. The van der Waals surface area contributed by atoms with Gasteiger partial charge in [-0.25, -0.2) is 49.3 Å². The van der Waals surface area contributed by atoms with Gasteiger partial charge in [0.05, 0.1) is 106 Å². The van der Waals surface area contributed by atoms with E-state index in [1.54, 1.807) is 19.1 Å². The molecule has 0 amide bonds. The van der Waals surface area contributed by atoms with E-state index in [0.29, 0.717) is 22.2 Å². The quantitative estimate of drug-likeness (QED) is 0.120. The molecule has 10 aromatic carbocycles. The first-order valence-corrected chi connectivity index (χ1v) is 29.7. The van der Waals surface area contributed by atoms with E-state index >= 15 is 0 Å². The minimum Gasteiger partial charge on any atom is -0.413 e. The van der Waals surface area contributed by atoms with Gasteiger partial charge in [0.1, 0.15) is 0 Å². The van der Waals surface area contributed by atoms with Crippen LogP contribution in [-0.4, -0.2) is 27.1 Å². The molecule has 0 saturated carbocycles. The van der Waals surface area contributed by atoms with Gasteiger partial charge in [-0.2, -0.15) is 36.8 Å². The van der Waals surface area contributed by atoms with Crippen LogP contribution >= 0.6 is 0 Å². The Labute approximate surface area is 577 Å². The van der Waals surface area contributed by atoms with Crippen LogP contribution in [0.1, 0.15) is 44.5 Å². The molecule has 4 aliphatic rings. The molecule has 0 spiro atoms. The van der Waals surface area contributed by atoms with Crippen LogP contribution < -0.4 is 43.7 Å². The van der Waals surface area contributed by atoms with Crippen molar-refractivity contribution in [3.8, 4) is 143 Å². The zero-order valence-electron chi connectivity index (χ0n) is 51.5. The highest BCUT2D eigenvalue weighted by molar-refractivity contribution is 6.97. The number of aryl methyl sites for hydroxylation is 1. The average molecular weight is 1270 g/mol. The number of nitrogens with zero attached hydrogens (tertiary/aromatic N) is 19. The van der Waals surface area contributed by atoms with Crippen molar-refractivity contribution in [1.82, 2.24) is 0 Å². The third-order valence-corrected chi connectivity index (χ3v) is 19.1. The summed E-state index contributed by atoms with van der Waals surface area (Å²) in [4.78, 5) is 30.9. The van der Waals surface area contributed by atoms with E-state index in [2.05, 4.69) is 96.6 Å². The first-order valence-electron chi connectivity index (χ1n) is 29.7. The summed E-state index contributed by atoms with van der Waals surface area (Å²) >= 11 is 0. The lowest BCUT2D eigenvalue weighted by atomic mass is 9.42. The number of hydrogen-bond donors (Lipinski definition) is 0. The number of fused-ring (bicyclic) bond motifs is 13. The van der Waals surface area contributed by atoms with E-state index in [0.717, 1.165) is 0 Å². The van der Waals surface area contributed by atoms with Crippen LogP contribution in [0.2, 0.25) is 0 Å². The molecule has 0 atom stereocenters. The summed E-state index contributed by atoms with van der Waals surface area (Å²) in [6.07, 6.45) is 0. The molecule has 4 heterocycles. The summed E-state index contributed by atoms with van der Waals surface area (Å²) in [7, 11) is 0. The number of hydrogen-bond acceptors (Lipinski definition) is 9. The summed E-state index contributed by atoms with van der Waals surface area (Å²) in [5.41, 5.74) is 0.768. The fourth-order valence-electron chi connectivity index (χ4n) is 15.3. The monoisotopic (exact) mass is 1270 g/mol. The van der Waals surface area contributed by atoms with Gasteiger partial charge in [0.2, 0.25) is 0 Å². The van der Waals surface area contributed by atoms with Crippen molar-refractivity contribution in [3.63, 3.8) is 0 Å². The maximum absolute atomic E-state index is 11.9. The Morgan fingerprint density at radius 2 is 0.703 bits per heavy atom. The molecule has 14 rings (SSSR count). The van der Waals surface area contributed by atoms with Gasteiger partial charge in [0.15, 0.2) is 45.5 Å². The van der Waals surface area contributed by atoms with Gasteiger partial charge >= 0.3 is 27.1 Å². The Kier molecular flexibility index (Phi) is 14.0. The summed E-state index contributed by atoms with van der Waals surface area (Å²) in [6.45, 7) is 82.4. The van der Waals surface area contributed by atoms with E-state index in [-0.39, 0.29) is 211 Å². The molecule has 101 heavy (non-hydrogen) atoms. The number of rotatable bonds is 4. The molecule has 0 bridgehead atoms. The molecule has 0 N–H and O–H groups in total. The minimum atomic E-state index is -1.41. The van der Waals surface area contributed by atoms with Crippen LogP contribution in [-0.2, 0) is 0 Å². The smallest absolute Gasteiger partial charge is 0.413 e. The van der Waals surface area contributed by atoms with E-state index < -0.39 is 27.1 Å². The molecule has 0 radical (unpaired) electrons. The normalized spacial score (nSPS) is 11.1. The second-order valence-corrected chi connectivity index (χ2v) is 23.6. The van der Waals surface area contributed by atoms with E-state index in [9.17, 15) is 53.9 Å². The standard InChI is InChI=1S/C78H19B4N19/c1-37-12-51-58-27-61(94-4)67(78(99-9)76(58)81(100-10)73(51)63(13-37)96-6)40-19-48-47(49(21-40)66-42(30-85)23-54-52-14-38(28-83)15-64(97-7)74(52)82(101-11)75(54)77(66)98-8)18-39(65-41(29-84)22-53-55-24-45(92-2)16-43(31-86)69(55)79(35-90)71(53)59(65)33-88)20-50(48)68-60(34-89)72-57(26-62(68)95-5)56-25-46(93-3)17-44(32-87)70(56)80(72)36-91/h12-27H,1H3. The Hall–Kier alpha value is -17.0. The van der Waals surface area contributed by atoms with Crippen molar-refractivity contribution in [2.24, 2.45) is 0 Å². The first kappa shape index (κ1) is 61.5. The van der Waals surface area contributed by atoms with Crippen LogP contribution in [0, 0.1) is 174 Å². The second kappa shape index (κ2) is 22.9. The maximum Gasteiger partial charge on any atom is 0.621 e. The highest BCUT2D eigenvalue weighted by Crippen LogP contribution is 2.53. The summed E-state index contributed by atoms with van der Waals surface area (Å²) in [6, 6.07) is 38.5. The van der Waals surface area contributed by atoms with Crippen molar-refractivity contribution < 1.29 is 0 Å². The van der Waals surface area contributed by atoms with E-state index in [4.69, 9.17) is 59.1 Å². The molecule has 0 unspecified atom stereocenters. The topological polar surface area (TPSA) is 258 Å². The maximum atomic E-state index is 11.9. The fourth-order valence-corrected chi connectivity index (χ4v) is 15.3. The van der Waals surface area contributed by atoms with Crippen LogP contribution in [0.3, 0.4) is 0 Å². The van der Waals surface area contributed by atoms with Crippen molar-refractivity contribution in [2.45, 2.75) is 6.92 Å². The predicted molar refractivity (Wildman–Crippen MR) is 380 cm³/mol. The predicted octanol–water partition coefficient (Wildman–Crippen LogP) is 12.6. The fraction of sp³-hybridized carbons (Fsp3) is 0.0128. The summed E-state index contributed by atoms with van der Waals surface area (Å²) in [5.74, 6) is 4.48. The van der Waals surface area contributed by atoms with Crippen LogP contribution in [0.5, 0.6) is 0 Å². The SMILES string of the molecule is [C-]#[N+]B1c2c([N+]#[C-])cc(C#N)cc2-c2cc(C#N)c(-c3cc(-c4c([N+]#[C-])cc5c(c4[N+]#[C-])B([N+]#[C-])c4c([N+]#[C-])cc(C)cc4-5)cc4c(-c5c([N+]#[C-])cc6c(c5C#N)B(C#N)c5c(C#N)cc([N+]#[C-])cc5-6)cc(-c5c(C#N)cc6c(c5C#N)B(C#N)c5c(C#N)cc([N+]#[C-])cc5-6)cc34)c([N+]#[C-])c21. The van der Waals surface area contributed by atoms with Gasteiger partial charge in [-0.15, -0.1) is 0 Å². The minimum absolute atomic E-state index is 0.000327. The molecule has 0 aliphatic carbocycles. The van der Waals surface area contributed by atoms with Crippen LogP contribution in [0.15, 0.2) is 97.1 Å². The molecule has 23 heteroatoms. The average Bonchev–Trinajstić information content (AvgIpc) is 1.61. The van der Waals surface area contributed by atoms with Gasteiger partial charge in [0.25, 0.3) is 0 Å². The summed E-state index contributed by atoms with van der Waals surface area (Å²) in [5, 5.41) is 101. The van der Waals surface area contributed by atoms with Crippen molar-refractivity contribution >= 4 is 127 Å². The Balaban J connectivity index is 1.23. The molecule has 438 valence electrons. The number of nitriles is 9. The first-order chi connectivity index (χ1) is 49.2. The lowest BCUT2D eigenvalue weighted by molar-refractivity contribution is 1.45. The Morgan fingerprint density at radius 3 is 1.16 bits per heavy atom. The van der Waals surface area contributed by atoms with Crippen molar-refractivity contribution in [3.05, 3.63) is 256 Å². The molecular formula is C78H19B4N19. The Bertz CT molecular complexity index is 6780. The zero-order chi connectivity index (χ0) is 71.3. The molecule has 19 nitrogen and oxygen atoms in total. The van der Waals surface area contributed by atoms with Gasteiger partial charge < -0.3 is 9.51 Å². The molecule has 10 aromatic rings. The largest absolute Gasteiger partial charge is 0.621 e. The van der Waals surface area contributed by atoms with Gasteiger partial charge in [0, 0.05) is 78.3 Å². The third-order valence-electron chi connectivity index (χ3n) is 19.1. The third kappa shape index (κ3) is 8.25. The zero-order valence-corrected chi connectivity index (χ0v) is 51.5. The second-order valence-electron chi connectivity index (χ2n) is 23.6. The Morgan fingerprint density at radius 1 is 0.297 bits per heavy atom. The summed E-state index contributed by atoms with van der Waals surface area (Å²) < 4.78 is 7.99. The molecule has 0 saturated heterocycles. The van der Waals surface area contributed by atoms with Crippen molar-refractivity contribution in [1.29, 1.82) is 47.4 Å². The molecule has 0 aromatic heterocycles. The molecular weight excluding hydrogens is 1250 g/mol. The van der Waals surface area contributed by atoms with Crippen LogP contribution in [0.25, 0.3) is 148 Å². The van der Waals surface area contributed by atoms with Crippen molar-refractivity contribution in [2.75, 3.05) is 0 Å². The van der Waals surface area contributed by atoms with E-state index in [1.165, 1.54) is 84.9 Å². The highest BCUT2D eigenvalue weighted by Gasteiger charge is 2.50. The van der Waals surface area contributed by atoms with E-state index in [1.807, 2.05) is 6.07 Å².